The van der Waals surface area contributed by atoms with E-state index in [2.05, 4.69) is 23.5 Å². The summed E-state index contributed by atoms with van der Waals surface area (Å²) in [4.78, 5) is 15.7. The fraction of sp³-hybridized carbons (Fsp3) is 0.421. The molecule has 2 N–H and O–H groups in total. The summed E-state index contributed by atoms with van der Waals surface area (Å²) in [7, 11) is 0. The molecule has 1 amide bonds. The average Bonchev–Trinajstić information content (AvgIpc) is 3.11. The van der Waals surface area contributed by atoms with Gasteiger partial charge in [-0.05, 0) is 36.3 Å². The van der Waals surface area contributed by atoms with Crippen molar-refractivity contribution in [2.45, 2.75) is 31.4 Å². The monoisotopic (exact) mass is 344 g/mol. The summed E-state index contributed by atoms with van der Waals surface area (Å²) in [5, 5.41) is 16.1. The largest absolute Gasteiger partial charge is 0.379 e. The first-order valence-corrected chi connectivity index (χ1v) is 9.34. The molecule has 0 radical (unpaired) electrons. The van der Waals surface area contributed by atoms with Crippen LogP contribution in [0.1, 0.15) is 23.3 Å². The predicted molar refractivity (Wildman–Crippen MR) is 96.9 cm³/mol. The van der Waals surface area contributed by atoms with Gasteiger partial charge in [0.2, 0.25) is 0 Å². The van der Waals surface area contributed by atoms with E-state index in [9.17, 15) is 9.90 Å². The lowest BCUT2D eigenvalue weighted by Gasteiger charge is -2.38. The molecule has 3 rings (SSSR count). The van der Waals surface area contributed by atoms with E-state index in [1.54, 1.807) is 11.3 Å². The number of aliphatic hydroxyl groups is 1. The first-order chi connectivity index (χ1) is 11.7. The van der Waals surface area contributed by atoms with Gasteiger partial charge in [0.25, 0.3) is 5.91 Å². The Hall–Kier alpha value is -1.69. The number of carbonyl (C=O) groups excluding carboxylic acids is 1. The normalized spacial score (nSPS) is 21.2. The summed E-state index contributed by atoms with van der Waals surface area (Å²) in [6, 6.07) is 14.2. The maximum absolute atomic E-state index is 12.7. The summed E-state index contributed by atoms with van der Waals surface area (Å²) in [5.74, 6) is -0.136. The fourth-order valence-electron chi connectivity index (χ4n) is 3.16. The van der Waals surface area contributed by atoms with Crippen LogP contribution in [0.4, 0.5) is 0 Å². The highest BCUT2D eigenvalue weighted by Crippen LogP contribution is 2.23. The third-order valence-electron chi connectivity index (χ3n) is 4.51. The van der Waals surface area contributed by atoms with Crippen molar-refractivity contribution < 1.29 is 9.90 Å². The fourth-order valence-corrected chi connectivity index (χ4v) is 3.83. The van der Waals surface area contributed by atoms with Crippen molar-refractivity contribution in [3.8, 4) is 0 Å². The minimum Gasteiger partial charge on any atom is -0.379 e. The van der Waals surface area contributed by atoms with Crippen LogP contribution < -0.4 is 5.32 Å². The van der Waals surface area contributed by atoms with Crippen molar-refractivity contribution in [3.05, 3.63) is 58.3 Å². The van der Waals surface area contributed by atoms with Crippen LogP contribution in [-0.2, 0) is 17.8 Å². The van der Waals surface area contributed by atoms with Gasteiger partial charge in [-0.25, -0.2) is 0 Å². The number of hydrogen-bond donors (Lipinski definition) is 2. The quantitative estimate of drug-likeness (QED) is 0.811. The third kappa shape index (κ3) is 4.23. The molecule has 2 aromatic rings. The van der Waals surface area contributed by atoms with Crippen LogP contribution in [-0.4, -0.2) is 41.1 Å². The SMILES string of the molecule is O=C1N(CCc2ccccc2)CCCC1(O)CNCc1cccs1. The number of benzene rings is 1. The van der Waals surface area contributed by atoms with Gasteiger partial charge >= 0.3 is 0 Å². The molecule has 1 fully saturated rings. The number of likely N-dealkylation sites (tertiary alicyclic amines) is 1. The van der Waals surface area contributed by atoms with Crippen LogP contribution in [0.3, 0.4) is 0 Å². The number of hydrogen-bond acceptors (Lipinski definition) is 4. The molecule has 0 spiro atoms. The molecule has 0 bridgehead atoms. The minimum absolute atomic E-state index is 0.136. The van der Waals surface area contributed by atoms with Crippen molar-refractivity contribution in [2.24, 2.45) is 0 Å². The number of carbonyl (C=O) groups is 1. The van der Waals surface area contributed by atoms with Gasteiger partial charge in [-0.2, -0.15) is 0 Å². The summed E-state index contributed by atoms with van der Waals surface area (Å²) in [6.07, 6.45) is 2.20. The first-order valence-electron chi connectivity index (χ1n) is 8.46. The molecule has 1 atom stereocenters. The molecule has 0 aliphatic carbocycles. The highest BCUT2D eigenvalue weighted by Gasteiger charge is 2.41. The second kappa shape index (κ2) is 7.92. The second-order valence-corrected chi connectivity index (χ2v) is 7.38. The predicted octanol–water partition coefficient (Wildman–Crippen LogP) is 2.43. The Balaban J connectivity index is 1.53. The van der Waals surface area contributed by atoms with Gasteiger partial charge in [-0.15, -0.1) is 11.3 Å². The van der Waals surface area contributed by atoms with Gasteiger partial charge in [-0.3, -0.25) is 4.79 Å². The van der Waals surface area contributed by atoms with Crippen molar-refractivity contribution in [3.63, 3.8) is 0 Å². The average molecular weight is 344 g/mol. The van der Waals surface area contributed by atoms with Crippen LogP contribution >= 0.6 is 11.3 Å². The van der Waals surface area contributed by atoms with Gasteiger partial charge in [0, 0.05) is 31.1 Å². The molecular weight excluding hydrogens is 320 g/mol. The summed E-state index contributed by atoms with van der Waals surface area (Å²) < 4.78 is 0. The summed E-state index contributed by atoms with van der Waals surface area (Å²) in [5.41, 5.74) is -0.0538. The number of nitrogens with zero attached hydrogens (tertiary/aromatic N) is 1. The minimum atomic E-state index is -1.27. The lowest BCUT2D eigenvalue weighted by molar-refractivity contribution is -0.156. The molecule has 1 aromatic heterocycles. The Kier molecular flexibility index (Phi) is 5.66. The first kappa shape index (κ1) is 17.1. The second-order valence-electron chi connectivity index (χ2n) is 6.35. The Morgan fingerprint density at radius 1 is 1.21 bits per heavy atom. The number of amides is 1. The maximum Gasteiger partial charge on any atom is 0.255 e. The molecule has 1 unspecified atom stereocenters. The molecule has 128 valence electrons. The van der Waals surface area contributed by atoms with Crippen LogP contribution in [0, 0.1) is 0 Å². The van der Waals surface area contributed by atoms with Crippen molar-refractivity contribution in [2.75, 3.05) is 19.6 Å². The van der Waals surface area contributed by atoms with Crippen molar-refractivity contribution in [1.29, 1.82) is 0 Å². The lowest BCUT2D eigenvalue weighted by Crippen LogP contribution is -2.58. The maximum atomic E-state index is 12.7. The summed E-state index contributed by atoms with van der Waals surface area (Å²) >= 11 is 1.68. The topological polar surface area (TPSA) is 52.6 Å². The molecular formula is C19H24N2O2S. The standard InChI is InChI=1S/C19H24N2O2S/c22-18-19(23,15-20-14-17-8-4-13-24-17)10-5-11-21(18)12-9-16-6-2-1-3-7-16/h1-4,6-8,13,20,23H,5,9-12,14-15H2. The number of thiophene rings is 1. The smallest absolute Gasteiger partial charge is 0.255 e. The van der Waals surface area contributed by atoms with Crippen LogP contribution in [0.25, 0.3) is 0 Å². The van der Waals surface area contributed by atoms with E-state index in [1.807, 2.05) is 34.5 Å². The van der Waals surface area contributed by atoms with Gasteiger partial charge in [0.15, 0.2) is 5.60 Å². The molecule has 2 heterocycles. The zero-order valence-electron chi connectivity index (χ0n) is 13.8. The van der Waals surface area contributed by atoms with E-state index in [4.69, 9.17) is 0 Å². The molecule has 1 saturated heterocycles. The Labute approximate surface area is 147 Å². The van der Waals surface area contributed by atoms with Crippen molar-refractivity contribution in [1.82, 2.24) is 10.2 Å². The van der Waals surface area contributed by atoms with E-state index in [1.165, 1.54) is 10.4 Å². The lowest BCUT2D eigenvalue weighted by atomic mass is 9.91. The Bertz CT molecular complexity index is 645. The van der Waals surface area contributed by atoms with Gasteiger partial charge < -0.3 is 15.3 Å². The number of rotatable bonds is 7. The number of nitrogens with one attached hydrogen (secondary N) is 1. The van der Waals surface area contributed by atoms with Gasteiger partial charge in [0.1, 0.15) is 0 Å². The molecule has 1 aliphatic rings. The Morgan fingerprint density at radius 3 is 2.79 bits per heavy atom. The van der Waals surface area contributed by atoms with Crippen LogP contribution in [0.5, 0.6) is 0 Å². The van der Waals surface area contributed by atoms with Crippen molar-refractivity contribution >= 4 is 17.2 Å². The molecule has 1 aromatic carbocycles. The molecule has 0 saturated carbocycles. The van der Waals surface area contributed by atoms with E-state index < -0.39 is 5.60 Å². The van der Waals surface area contributed by atoms with Gasteiger partial charge in [0.05, 0.1) is 0 Å². The number of piperidine rings is 1. The molecule has 4 nitrogen and oxygen atoms in total. The van der Waals surface area contributed by atoms with E-state index in [0.29, 0.717) is 26.1 Å². The zero-order valence-corrected chi connectivity index (χ0v) is 14.6. The highest BCUT2D eigenvalue weighted by atomic mass is 32.1. The van der Waals surface area contributed by atoms with Gasteiger partial charge in [-0.1, -0.05) is 36.4 Å². The van der Waals surface area contributed by atoms with Crippen LogP contribution in [0.2, 0.25) is 0 Å². The van der Waals surface area contributed by atoms with E-state index >= 15 is 0 Å². The van der Waals surface area contributed by atoms with E-state index in [-0.39, 0.29) is 5.91 Å². The highest BCUT2D eigenvalue weighted by molar-refractivity contribution is 7.09. The molecule has 5 heteroatoms. The van der Waals surface area contributed by atoms with Crippen LogP contribution in [0.15, 0.2) is 47.8 Å². The third-order valence-corrected chi connectivity index (χ3v) is 5.39. The molecule has 24 heavy (non-hydrogen) atoms. The van der Waals surface area contributed by atoms with E-state index in [0.717, 1.165) is 19.4 Å². The molecule has 1 aliphatic heterocycles. The zero-order chi connectivity index (χ0) is 16.8. The summed E-state index contributed by atoms with van der Waals surface area (Å²) in [6.45, 7) is 2.40. The Morgan fingerprint density at radius 2 is 2.04 bits per heavy atom.